The summed E-state index contributed by atoms with van der Waals surface area (Å²) in [5.41, 5.74) is 0.836. The Bertz CT molecular complexity index is 463. The molecule has 1 aliphatic rings. The van der Waals surface area contributed by atoms with Crippen LogP contribution in [-0.2, 0) is 0 Å². The van der Waals surface area contributed by atoms with E-state index in [9.17, 15) is 5.11 Å². The van der Waals surface area contributed by atoms with E-state index in [1.54, 1.807) is 0 Å². The van der Waals surface area contributed by atoms with Crippen LogP contribution in [0.2, 0.25) is 0 Å². The summed E-state index contributed by atoms with van der Waals surface area (Å²) in [5.74, 6) is 1.12. The Hall–Kier alpha value is -1.62. The van der Waals surface area contributed by atoms with Gasteiger partial charge in [-0.2, -0.15) is 4.98 Å². The van der Waals surface area contributed by atoms with Gasteiger partial charge in [0.05, 0.1) is 17.7 Å². The molecule has 0 amide bonds. The lowest BCUT2D eigenvalue weighted by Crippen LogP contribution is -2.11. The fourth-order valence-corrected chi connectivity index (χ4v) is 2.19. The molecule has 5 nitrogen and oxygen atoms in total. The normalized spacial score (nSPS) is 25.1. The Balaban J connectivity index is 1.88. The molecule has 5 heteroatoms. The molecule has 84 valence electrons. The van der Waals surface area contributed by atoms with Gasteiger partial charge in [-0.05, 0) is 31.4 Å². The summed E-state index contributed by atoms with van der Waals surface area (Å²) in [6, 6.07) is 3.77. The Kier molecular flexibility index (Phi) is 2.25. The Morgan fingerprint density at radius 3 is 3.06 bits per heavy atom. The molecule has 1 fully saturated rings. The first kappa shape index (κ1) is 9.59. The second-order valence-electron chi connectivity index (χ2n) is 4.14. The van der Waals surface area contributed by atoms with Crippen LogP contribution in [0.25, 0.3) is 11.5 Å². The molecule has 0 aliphatic heterocycles. The number of aromatic amines is 1. The van der Waals surface area contributed by atoms with Crippen molar-refractivity contribution in [3.05, 3.63) is 24.2 Å². The summed E-state index contributed by atoms with van der Waals surface area (Å²) in [7, 11) is 0. The van der Waals surface area contributed by atoms with Gasteiger partial charge in [-0.25, -0.2) is 0 Å². The maximum Gasteiger partial charge on any atom is 0.232 e. The molecule has 0 bridgehead atoms. The van der Waals surface area contributed by atoms with E-state index < -0.39 is 0 Å². The number of rotatable bonds is 2. The van der Waals surface area contributed by atoms with E-state index in [2.05, 4.69) is 15.1 Å². The van der Waals surface area contributed by atoms with Gasteiger partial charge >= 0.3 is 0 Å². The SMILES string of the molecule is OC1CCCC1c1nc(-c2ccc[nH]2)no1. The molecule has 2 N–H and O–H groups in total. The first-order valence-electron chi connectivity index (χ1n) is 5.50. The van der Waals surface area contributed by atoms with Crippen LogP contribution in [0.15, 0.2) is 22.9 Å². The highest BCUT2D eigenvalue weighted by molar-refractivity contribution is 5.47. The fourth-order valence-electron chi connectivity index (χ4n) is 2.19. The molecule has 2 aromatic rings. The number of nitrogens with zero attached hydrogens (tertiary/aromatic N) is 2. The van der Waals surface area contributed by atoms with Crippen LogP contribution in [0.5, 0.6) is 0 Å². The maximum absolute atomic E-state index is 9.75. The topological polar surface area (TPSA) is 74.9 Å². The van der Waals surface area contributed by atoms with Gasteiger partial charge < -0.3 is 14.6 Å². The van der Waals surface area contributed by atoms with E-state index in [1.165, 1.54) is 0 Å². The van der Waals surface area contributed by atoms with E-state index in [-0.39, 0.29) is 12.0 Å². The average molecular weight is 219 g/mol. The second-order valence-corrected chi connectivity index (χ2v) is 4.14. The van der Waals surface area contributed by atoms with E-state index in [1.807, 2.05) is 18.3 Å². The molecule has 2 aromatic heterocycles. The van der Waals surface area contributed by atoms with Gasteiger partial charge in [0.1, 0.15) is 0 Å². The first-order chi connectivity index (χ1) is 7.84. The third-order valence-corrected chi connectivity index (χ3v) is 3.08. The van der Waals surface area contributed by atoms with E-state index in [4.69, 9.17) is 4.52 Å². The number of hydrogen-bond donors (Lipinski definition) is 2. The number of H-pyrrole nitrogens is 1. The van der Waals surface area contributed by atoms with E-state index in [0.29, 0.717) is 11.7 Å². The summed E-state index contributed by atoms with van der Waals surface area (Å²) in [6.07, 6.45) is 4.25. The summed E-state index contributed by atoms with van der Waals surface area (Å²) in [5, 5.41) is 13.7. The summed E-state index contributed by atoms with van der Waals surface area (Å²) < 4.78 is 5.20. The number of hydrogen-bond acceptors (Lipinski definition) is 4. The van der Waals surface area contributed by atoms with Crippen molar-refractivity contribution in [1.29, 1.82) is 0 Å². The zero-order valence-corrected chi connectivity index (χ0v) is 8.76. The molecule has 1 saturated carbocycles. The molecule has 1 aliphatic carbocycles. The van der Waals surface area contributed by atoms with Gasteiger partial charge in [-0.15, -0.1) is 0 Å². The number of aromatic nitrogens is 3. The van der Waals surface area contributed by atoms with Crippen LogP contribution in [-0.4, -0.2) is 26.3 Å². The van der Waals surface area contributed by atoms with Gasteiger partial charge in [0.2, 0.25) is 11.7 Å². The van der Waals surface area contributed by atoms with Gasteiger partial charge in [0.15, 0.2) is 0 Å². The lowest BCUT2D eigenvalue weighted by Gasteiger charge is -2.07. The molecule has 0 radical (unpaired) electrons. The third-order valence-electron chi connectivity index (χ3n) is 3.08. The smallest absolute Gasteiger partial charge is 0.232 e. The Morgan fingerprint density at radius 2 is 2.38 bits per heavy atom. The predicted octanol–water partition coefficient (Wildman–Crippen LogP) is 1.69. The molecule has 2 heterocycles. The number of aliphatic hydroxyl groups is 1. The lowest BCUT2D eigenvalue weighted by atomic mass is 10.1. The molecular weight excluding hydrogens is 206 g/mol. The minimum atomic E-state index is -0.336. The largest absolute Gasteiger partial charge is 0.392 e. The number of nitrogens with one attached hydrogen (secondary N) is 1. The van der Waals surface area contributed by atoms with Crippen molar-refractivity contribution in [2.75, 3.05) is 0 Å². The molecule has 0 saturated heterocycles. The molecular formula is C11H13N3O2. The van der Waals surface area contributed by atoms with Crippen molar-refractivity contribution in [3.63, 3.8) is 0 Å². The minimum Gasteiger partial charge on any atom is -0.392 e. The molecule has 16 heavy (non-hydrogen) atoms. The first-order valence-corrected chi connectivity index (χ1v) is 5.50. The Morgan fingerprint density at radius 1 is 1.44 bits per heavy atom. The van der Waals surface area contributed by atoms with Crippen LogP contribution in [0.1, 0.15) is 31.1 Å². The molecule has 2 unspecified atom stereocenters. The number of aliphatic hydroxyl groups excluding tert-OH is 1. The van der Waals surface area contributed by atoms with Crippen LogP contribution < -0.4 is 0 Å². The summed E-state index contributed by atoms with van der Waals surface area (Å²) >= 11 is 0. The van der Waals surface area contributed by atoms with Crippen LogP contribution >= 0.6 is 0 Å². The van der Waals surface area contributed by atoms with Crippen molar-refractivity contribution in [3.8, 4) is 11.5 Å². The summed E-state index contributed by atoms with van der Waals surface area (Å²) in [6.45, 7) is 0. The van der Waals surface area contributed by atoms with Crippen molar-refractivity contribution in [2.45, 2.75) is 31.3 Å². The quantitative estimate of drug-likeness (QED) is 0.806. The molecule has 0 spiro atoms. The van der Waals surface area contributed by atoms with Gasteiger partial charge in [-0.3, -0.25) is 0 Å². The zero-order valence-electron chi connectivity index (χ0n) is 8.76. The standard InChI is InChI=1S/C11H13N3O2/c15-9-5-1-3-7(9)11-13-10(14-16-11)8-4-2-6-12-8/h2,4,6-7,9,12,15H,1,3,5H2. The highest BCUT2D eigenvalue weighted by Gasteiger charge is 2.31. The van der Waals surface area contributed by atoms with Gasteiger partial charge in [-0.1, -0.05) is 5.16 Å². The monoisotopic (exact) mass is 219 g/mol. The second kappa shape index (κ2) is 3.75. The third kappa shape index (κ3) is 1.53. The van der Waals surface area contributed by atoms with E-state index >= 15 is 0 Å². The van der Waals surface area contributed by atoms with Gasteiger partial charge in [0, 0.05) is 6.20 Å². The Labute approximate surface area is 92.5 Å². The zero-order chi connectivity index (χ0) is 11.0. The molecule has 2 atom stereocenters. The molecule has 0 aromatic carbocycles. The van der Waals surface area contributed by atoms with Crippen molar-refractivity contribution >= 4 is 0 Å². The highest BCUT2D eigenvalue weighted by Crippen LogP contribution is 2.34. The van der Waals surface area contributed by atoms with Crippen LogP contribution in [0.4, 0.5) is 0 Å². The maximum atomic E-state index is 9.75. The van der Waals surface area contributed by atoms with Crippen molar-refractivity contribution < 1.29 is 9.63 Å². The minimum absolute atomic E-state index is 0.0104. The van der Waals surface area contributed by atoms with Crippen molar-refractivity contribution in [2.24, 2.45) is 0 Å². The van der Waals surface area contributed by atoms with E-state index in [0.717, 1.165) is 25.0 Å². The average Bonchev–Trinajstić information content (AvgIpc) is 2.96. The lowest BCUT2D eigenvalue weighted by molar-refractivity contribution is 0.148. The highest BCUT2D eigenvalue weighted by atomic mass is 16.5. The molecule has 3 rings (SSSR count). The van der Waals surface area contributed by atoms with Crippen molar-refractivity contribution in [1.82, 2.24) is 15.1 Å². The predicted molar refractivity (Wildman–Crippen MR) is 56.7 cm³/mol. The van der Waals surface area contributed by atoms with Gasteiger partial charge in [0.25, 0.3) is 0 Å². The van der Waals surface area contributed by atoms with Crippen LogP contribution in [0.3, 0.4) is 0 Å². The van der Waals surface area contributed by atoms with Crippen LogP contribution in [0, 0.1) is 0 Å². The summed E-state index contributed by atoms with van der Waals surface area (Å²) in [4.78, 5) is 7.34. The fraction of sp³-hybridized carbons (Fsp3) is 0.455.